The highest BCUT2D eigenvalue weighted by atomic mass is 32.2. The van der Waals surface area contributed by atoms with Crippen LogP contribution in [0.25, 0.3) is 0 Å². The van der Waals surface area contributed by atoms with Gasteiger partial charge in [0.25, 0.3) is 0 Å². The fourth-order valence-corrected chi connectivity index (χ4v) is 3.55. The standard InChI is InChI=1S/C17H18O4S/c1-20-16-8-12(22-2)5-6-13(16)17(19)21-15-9-14(18)10-3-4-11(15)7-10/h5-6,8-11H,3-4,7H2,1-2H3. The van der Waals surface area contributed by atoms with Crippen LogP contribution < -0.4 is 4.74 Å². The lowest BCUT2D eigenvalue weighted by Crippen LogP contribution is -2.19. The number of allylic oxidation sites excluding steroid dienone is 2. The summed E-state index contributed by atoms with van der Waals surface area (Å²) in [5.74, 6) is 0.949. The van der Waals surface area contributed by atoms with E-state index < -0.39 is 5.97 Å². The van der Waals surface area contributed by atoms with Crippen molar-refractivity contribution in [2.45, 2.75) is 24.2 Å². The molecule has 0 radical (unpaired) electrons. The number of hydrogen-bond acceptors (Lipinski definition) is 5. The largest absolute Gasteiger partial charge is 0.496 e. The van der Waals surface area contributed by atoms with Gasteiger partial charge in [0, 0.05) is 22.8 Å². The van der Waals surface area contributed by atoms with Crippen LogP contribution in [-0.2, 0) is 9.53 Å². The number of rotatable bonds is 4. The lowest BCUT2D eigenvalue weighted by atomic mass is 9.93. The predicted octanol–water partition coefficient (Wildman–Crippen LogP) is 3.46. The van der Waals surface area contributed by atoms with Crippen molar-refractivity contribution in [3.63, 3.8) is 0 Å². The molecule has 2 aliphatic carbocycles. The Morgan fingerprint density at radius 3 is 2.77 bits per heavy atom. The summed E-state index contributed by atoms with van der Waals surface area (Å²) in [4.78, 5) is 25.3. The molecule has 1 fully saturated rings. The lowest BCUT2D eigenvalue weighted by molar-refractivity contribution is -0.118. The van der Waals surface area contributed by atoms with Gasteiger partial charge < -0.3 is 9.47 Å². The number of hydrogen-bond donors (Lipinski definition) is 0. The first-order valence-corrected chi connectivity index (χ1v) is 8.54. The summed E-state index contributed by atoms with van der Waals surface area (Å²) >= 11 is 1.58. The summed E-state index contributed by atoms with van der Waals surface area (Å²) in [5, 5.41) is 0. The monoisotopic (exact) mass is 318 g/mol. The van der Waals surface area contributed by atoms with Gasteiger partial charge in [0.15, 0.2) is 5.78 Å². The molecule has 1 aromatic carbocycles. The summed E-state index contributed by atoms with van der Waals surface area (Å²) in [5.41, 5.74) is 0.383. The van der Waals surface area contributed by atoms with Crippen molar-refractivity contribution in [3.05, 3.63) is 35.6 Å². The van der Waals surface area contributed by atoms with E-state index in [4.69, 9.17) is 9.47 Å². The highest BCUT2D eigenvalue weighted by molar-refractivity contribution is 7.98. The van der Waals surface area contributed by atoms with E-state index >= 15 is 0 Å². The number of carbonyl (C=O) groups excluding carboxylic acids is 2. The third-order valence-electron chi connectivity index (χ3n) is 4.36. The summed E-state index contributed by atoms with van der Waals surface area (Å²) in [6, 6.07) is 5.37. The van der Waals surface area contributed by atoms with Crippen molar-refractivity contribution < 1.29 is 19.1 Å². The second-order valence-corrected chi connectivity index (χ2v) is 6.49. The van der Waals surface area contributed by atoms with E-state index in [0.717, 1.165) is 24.2 Å². The Morgan fingerprint density at radius 1 is 1.27 bits per heavy atom. The molecule has 0 N–H and O–H groups in total. The molecule has 2 unspecified atom stereocenters. The first-order chi connectivity index (χ1) is 10.6. The van der Waals surface area contributed by atoms with E-state index in [9.17, 15) is 9.59 Å². The molecule has 1 aromatic rings. The van der Waals surface area contributed by atoms with Gasteiger partial charge in [-0.25, -0.2) is 4.79 Å². The number of esters is 1. The minimum atomic E-state index is -0.464. The van der Waals surface area contributed by atoms with Gasteiger partial charge in [-0.2, -0.15) is 0 Å². The molecule has 4 nitrogen and oxygen atoms in total. The van der Waals surface area contributed by atoms with Crippen LogP contribution >= 0.6 is 11.8 Å². The third-order valence-corrected chi connectivity index (χ3v) is 5.09. The number of fused-ring (bicyclic) bond motifs is 2. The molecule has 22 heavy (non-hydrogen) atoms. The molecular formula is C17H18O4S. The zero-order chi connectivity index (χ0) is 15.7. The van der Waals surface area contributed by atoms with Crippen LogP contribution in [0.15, 0.2) is 34.9 Å². The van der Waals surface area contributed by atoms with Crippen LogP contribution in [0.5, 0.6) is 5.75 Å². The Hall–Kier alpha value is -1.75. The lowest BCUT2D eigenvalue weighted by Gasteiger charge is -2.19. The van der Waals surface area contributed by atoms with Gasteiger partial charge in [-0.3, -0.25) is 4.79 Å². The normalized spacial score (nSPS) is 23.2. The van der Waals surface area contributed by atoms with Gasteiger partial charge in [-0.05, 0) is 43.7 Å². The number of carbonyl (C=O) groups is 2. The van der Waals surface area contributed by atoms with E-state index in [0.29, 0.717) is 17.1 Å². The third kappa shape index (κ3) is 2.77. The summed E-state index contributed by atoms with van der Waals surface area (Å²) in [6.45, 7) is 0. The van der Waals surface area contributed by atoms with E-state index in [1.165, 1.54) is 13.2 Å². The molecule has 0 saturated heterocycles. The Balaban J connectivity index is 1.81. The maximum atomic E-state index is 12.4. The van der Waals surface area contributed by atoms with E-state index in [1.807, 2.05) is 18.4 Å². The number of methoxy groups -OCH3 is 1. The first-order valence-electron chi connectivity index (χ1n) is 7.32. The van der Waals surface area contributed by atoms with Crippen molar-refractivity contribution in [2.24, 2.45) is 11.8 Å². The molecule has 116 valence electrons. The summed E-state index contributed by atoms with van der Waals surface area (Å²) in [6.07, 6.45) is 6.08. The minimum absolute atomic E-state index is 0.0845. The molecule has 0 heterocycles. The number of ketones is 1. The van der Waals surface area contributed by atoms with Crippen molar-refractivity contribution in [2.75, 3.05) is 13.4 Å². The van der Waals surface area contributed by atoms with Gasteiger partial charge in [-0.15, -0.1) is 11.8 Å². The van der Waals surface area contributed by atoms with Crippen molar-refractivity contribution in [1.82, 2.24) is 0 Å². The van der Waals surface area contributed by atoms with Crippen molar-refractivity contribution in [1.29, 1.82) is 0 Å². The van der Waals surface area contributed by atoms with Gasteiger partial charge in [0.1, 0.15) is 17.1 Å². The quantitative estimate of drug-likeness (QED) is 0.628. The highest BCUT2D eigenvalue weighted by Crippen LogP contribution is 2.41. The van der Waals surface area contributed by atoms with E-state index in [-0.39, 0.29) is 17.6 Å². The second-order valence-electron chi connectivity index (χ2n) is 5.61. The Labute approximate surface area is 133 Å². The number of thioether (sulfide) groups is 1. The van der Waals surface area contributed by atoms with Gasteiger partial charge >= 0.3 is 5.97 Å². The average molecular weight is 318 g/mol. The molecule has 2 aliphatic rings. The molecule has 0 aliphatic heterocycles. The van der Waals surface area contributed by atoms with Gasteiger partial charge in [-0.1, -0.05) is 0 Å². The summed E-state index contributed by atoms with van der Waals surface area (Å²) in [7, 11) is 1.53. The molecule has 5 heteroatoms. The maximum Gasteiger partial charge on any atom is 0.347 e. The number of ether oxygens (including phenoxy) is 2. The molecule has 0 aromatic heterocycles. The Morgan fingerprint density at radius 2 is 2.05 bits per heavy atom. The SMILES string of the molecule is COc1cc(SC)ccc1C(=O)OC1=CC(=O)C2CCC1C2. The topological polar surface area (TPSA) is 52.6 Å². The Bertz CT molecular complexity index is 650. The van der Waals surface area contributed by atoms with E-state index in [2.05, 4.69) is 0 Å². The van der Waals surface area contributed by atoms with Gasteiger partial charge in [0.2, 0.25) is 0 Å². The molecule has 2 bridgehead atoms. The van der Waals surface area contributed by atoms with Crippen LogP contribution in [0.4, 0.5) is 0 Å². The van der Waals surface area contributed by atoms with E-state index in [1.54, 1.807) is 17.8 Å². The number of benzene rings is 1. The van der Waals surface area contributed by atoms with Crippen molar-refractivity contribution in [3.8, 4) is 5.75 Å². The predicted molar refractivity (Wildman–Crippen MR) is 84.1 cm³/mol. The summed E-state index contributed by atoms with van der Waals surface area (Å²) < 4.78 is 10.8. The first kappa shape index (κ1) is 15.2. The molecular weight excluding hydrogens is 300 g/mol. The van der Waals surface area contributed by atoms with Gasteiger partial charge in [0.05, 0.1) is 7.11 Å². The smallest absolute Gasteiger partial charge is 0.347 e. The van der Waals surface area contributed by atoms with Crippen LogP contribution in [0.2, 0.25) is 0 Å². The fourth-order valence-electron chi connectivity index (χ4n) is 3.12. The van der Waals surface area contributed by atoms with Crippen LogP contribution in [0.1, 0.15) is 29.6 Å². The van der Waals surface area contributed by atoms with Crippen LogP contribution in [0.3, 0.4) is 0 Å². The minimum Gasteiger partial charge on any atom is -0.496 e. The molecule has 3 rings (SSSR count). The van der Waals surface area contributed by atoms with Crippen LogP contribution in [0, 0.1) is 11.8 Å². The molecule has 2 atom stereocenters. The van der Waals surface area contributed by atoms with Crippen LogP contribution in [-0.4, -0.2) is 25.1 Å². The molecule has 0 spiro atoms. The average Bonchev–Trinajstić information content (AvgIpc) is 2.98. The zero-order valence-corrected chi connectivity index (χ0v) is 13.4. The zero-order valence-electron chi connectivity index (χ0n) is 12.6. The maximum absolute atomic E-state index is 12.4. The van der Waals surface area contributed by atoms with Crippen molar-refractivity contribution >= 4 is 23.5 Å². The molecule has 1 saturated carbocycles. The Kier molecular flexibility index (Phi) is 4.25. The highest BCUT2D eigenvalue weighted by Gasteiger charge is 2.37. The second kappa shape index (κ2) is 6.16. The fraction of sp³-hybridized carbons (Fsp3) is 0.412. The molecule has 0 amide bonds.